The van der Waals surface area contributed by atoms with Gasteiger partial charge in [0.2, 0.25) is 15.9 Å². The number of amides is 1. The molecule has 15 heteroatoms. The van der Waals surface area contributed by atoms with E-state index in [1.54, 1.807) is 17.9 Å². The number of esters is 1. The van der Waals surface area contributed by atoms with E-state index < -0.39 is 39.3 Å². The number of hydrogen-bond acceptors (Lipinski definition) is 8. The zero-order valence-corrected chi connectivity index (χ0v) is 22.9. The van der Waals surface area contributed by atoms with Crippen molar-refractivity contribution in [2.75, 3.05) is 35.6 Å². The van der Waals surface area contributed by atoms with E-state index in [2.05, 4.69) is 10.3 Å². The molecule has 2 aromatic rings. The number of carbonyl (C=O) groups excluding carboxylic acids is 2. The number of halogens is 4. The molecule has 0 spiro atoms. The van der Waals surface area contributed by atoms with Gasteiger partial charge in [0.15, 0.2) is 0 Å². The molecule has 2 heterocycles. The van der Waals surface area contributed by atoms with E-state index in [0.717, 1.165) is 24.5 Å². The normalized spacial score (nSPS) is 14.5. The molecule has 1 fully saturated rings. The van der Waals surface area contributed by atoms with E-state index in [1.165, 1.54) is 18.2 Å². The highest BCUT2D eigenvalue weighted by Crippen LogP contribution is 2.33. The van der Waals surface area contributed by atoms with Gasteiger partial charge >= 0.3 is 12.1 Å². The van der Waals surface area contributed by atoms with Crippen LogP contribution in [-0.4, -0.2) is 51.2 Å². The number of carbonyl (C=O) groups is 2. The Labute approximate surface area is 234 Å². The van der Waals surface area contributed by atoms with Gasteiger partial charge in [0, 0.05) is 31.3 Å². The van der Waals surface area contributed by atoms with Crippen molar-refractivity contribution < 1.29 is 40.3 Å². The van der Waals surface area contributed by atoms with Crippen LogP contribution in [0.15, 0.2) is 30.3 Å². The SMILES string of the molecule is CCOC(=O)C1CCN(c2nc(C(F)(F)F)ccc2/C=C/C(=O)NCc2cc(F)c(NS(C)(=O)=O)c(C#N)c2)CC1. The zero-order valence-electron chi connectivity index (χ0n) is 22.1. The van der Waals surface area contributed by atoms with Crippen molar-refractivity contribution >= 4 is 39.5 Å². The van der Waals surface area contributed by atoms with Crippen molar-refractivity contribution in [2.45, 2.75) is 32.5 Å². The number of pyridine rings is 1. The quantitative estimate of drug-likeness (QED) is 0.254. The molecule has 0 unspecified atom stereocenters. The fourth-order valence-electron chi connectivity index (χ4n) is 4.14. The number of aromatic nitrogens is 1. The van der Waals surface area contributed by atoms with Gasteiger partial charge in [-0.1, -0.05) is 0 Å². The van der Waals surface area contributed by atoms with Gasteiger partial charge in [0.1, 0.15) is 29.1 Å². The van der Waals surface area contributed by atoms with Crippen molar-refractivity contribution in [2.24, 2.45) is 5.92 Å². The Morgan fingerprint density at radius 1 is 1.24 bits per heavy atom. The lowest BCUT2D eigenvalue weighted by atomic mass is 9.96. The Morgan fingerprint density at radius 3 is 2.51 bits per heavy atom. The van der Waals surface area contributed by atoms with Gasteiger partial charge in [-0.3, -0.25) is 14.3 Å². The second-order valence-corrected chi connectivity index (χ2v) is 10.9. The second kappa shape index (κ2) is 13.0. The number of alkyl halides is 3. The van der Waals surface area contributed by atoms with E-state index in [9.17, 15) is 40.8 Å². The number of nitrogens with zero attached hydrogens (tertiary/aromatic N) is 3. The van der Waals surface area contributed by atoms with Crippen LogP contribution in [0.25, 0.3) is 6.08 Å². The average molecular weight is 598 g/mol. The van der Waals surface area contributed by atoms with E-state index in [0.29, 0.717) is 12.8 Å². The zero-order chi connectivity index (χ0) is 30.4. The second-order valence-electron chi connectivity index (χ2n) is 9.16. The van der Waals surface area contributed by atoms with Crippen molar-refractivity contribution in [3.8, 4) is 6.07 Å². The highest BCUT2D eigenvalue weighted by atomic mass is 32.2. The number of nitrogens with one attached hydrogen (secondary N) is 2. The van der Waals surface area contributed by atoms with E-state index in [1.807, 2.05) is 4.72 Å². The summed E-state index contributed by atoms with van der Waals surface area (Å²) in [5, 5.41) is 11.7. The molecule has 1 aromatic carbocycles. The minimum absolute atomic E-state index is 0.000817. The van der Waals surface area contributed by atoms with E-state index >= 15 is 0 Å². The summed E-state index contributed by atoms with van der Waals surface area (Å²) in [5.41, 5.74) is -1.51. The van der Waals surface area contributed by atoms with Gasteiger partial charge in [-0.25, -0.2) is 17.8 Å². The lowest BCUT2D eigenvalue weighted by Gasteiger charge is -2.33. The fourth-order valence-corrected chi connectivity index (χ4v) is 4.72. The summed E-state index contributed by atoms with van der Waals surface area (Å²) < 4.78 is 84.4. The lowest BCUT2D eigenvalue weighted by molar-refractivity contribution is -0.148. The topological polar surface area (TPSA) is 141 Å². The maximum absolute atomic E-state index is 14.4. The first-order valence-electron chi connectivity index (χ1n) is 12.4. The maximum Gasteiger partial charge on any atom is 0.433 e. The summed E-state index contributed by atoms with van der Waals surface area (Å²) in [6, 6.07) is 5.84. The molecular formula is C26H27F4N5O5S. The lowest BCUT2D eigenvalue weighted by Crippen LogP contribution is -2.38. The molecule has 1 aliphatic heterocycles. The van der Waals surface area contributed by atoms with Gasteiger partial charge < -0.3 is 15.0 Å². The third-order valence-corrected chi connectivity index (χ3v) is 6.62. The van der Waals surface area contributed by atoms with Crippen LogP contribution in [0.5, 0.6) is 0 Å². The van der Waals surface area contributed by atoms with Crippen LogP contribution in [0.1, 0.15) is 42.1 Å². The number of benzene rings is 1. The van der Waals surface area contributed by atoms with Crippen LogP contribution in [0, 0.1) is 23.1 Å². The molecule has 0 saturated carbocycles. The maximum atomic E-state index is 14.4. The molecule has 1 amide bonds. The Bertz CT molecular complexity index is 1480. The highest BCUT2D eigenvalue weighted by Gasteiger charge is 2.34. The molecule has 1 saturated heterocycles. The number of anilines is 2. The predicted octanol–water partition coefficient (Wildman–Crippen LogP) is 3.59. The van der Waals surface area contributed by atoms with Crippen LogP contribution < -0.4 is 14.9 Å². The molecular weight excluding hydrogens is 570 g/mol. The van der Waals surface area contributed by atoms with Crippen LogP contribution in [0.2, 0.25) is 0 Å². The molecule has 2 N–H and O–H groups in total. The molecule has 220 valence electrons. The first-order valence-corrected chi connectivity index (χ1v) is 14.3. The van der Waals surface area contributed by atoms with Crippen molar-refractivity contribution in [1.82, 2.24) is 10.3 Å². The first-order chi connectivity index (χ1) is 19.2. The Kier molecular flexibility index (Phi) is 9.92. The summed E-state index contributed by atoms with van der Waals surface area (Å²) in [7, 11) is -3.85. The van der Waals surface area contributed by atoms with Gasteiger partial charge in [-0.2, -0.15) is 18.4 Å². The number of rotatable bonds is 9. The summed E-state index contributed by atoms with van der Waals surface area (Å²) in [4.78, 5) is 29.9. The standard InChI is InChI=1S/C26H27F4N5O5S/c1-3-40-25(37)18-8-10-35(11-9-18)24-17(4-6-21(33-24)26(28,29)30)5-7-22(36)32-15-16-12-19(14-31)23(20(27)13-16)34-41(2,38)39/h4-7,12-13,18,34H,3,8-11,15H2,1-2H3,(H,32,36)/b7-5+. The molecule has 3 rings (SSSR count). The molecule has 0 aliphatic carbocycles. The Balaban J connectivity index is 1.75. The van der Waals surface area contributed by atoms with E-state index in [4.69, 9.17) is 4.74 Å². The largest absolute Gasteiger partial charge is 0.466 e. The molecule has 0 bridgehead atoms. The predicted molar refractivity (Wildman–Crippen MR) is 141 cm³/mol. The third-order valence-electron chi connectivity index (χ3n) is 6.05. The number of sulfonamides is 1. The third kappa shape index (κ3) is 8.65. The monoisotopic (exact) mass is 597 g/mol. The van der Waals surface area contributed by atoms with Gasteiger partial charge in [0.05, 0.1) is 24.3 Å². The van der Waals surface area contributed by atoms with Crippen molar-refractivity contribution in [3.05, 3.63) is 58.5 Å². The molecule has 1 aromatic heterocycles. The van der Waals surface area contributed by atoms with Gasteiger partial charge in [0.25, 0.3) is 0 Å². The Hall–Kier alpha value is -4.19. The minimum atomic E-state index is -4.69. The molecule has 0 radical (unpaired) electrons. The van der Waals surface area contributed by atoms with Crippen molar-refractivity contribution in [3.63, 3.8) is 0 Å². The van der Waals surface area contributed by atoms with Gasteiger partial charge in [-0.05, 0) is 55.7 Å². The van der Waals surface area contributed by atoms with Crippen molar-refractivity contribution in [1.29, 1.82) is 5.26 Å². The molecule has 1 aliphatic rings. The average Bonchev–Trinajstić information content (AvgIpc) is 2.91. The van der Waals surface area contributed by atoms with E-state index in [-0.39, 0.29) is 60.6 Å². The number of ether oxygens (including phenoxy) is 1. The smallest absolute Gasteiger partial charge is 0.433 e. The van der Waals surface area contributed by atoms with Crippen LogP contribution in [0.3, 0.4) is 0 Å². The molecule has 0 atom stereocenters. The number of nitriles is 1. The van der Waals surface area contributed by atoms with Gasteiger partial charge in [-0.15, -0.1) is 0 Å². The summed E-state index contributed by atoms with van der Waals surface area (Å²) in [5.74, 6) is -2.41. The summed E-state index contributed by atoms with van der Waals surface area (Å²) >= 11 is 0. The Morgan fingerprint density at radius 2 is 1.93 bits per heavy atom. The highest BCUT2D eigenvalue weighted by molar-refractivity contribution is 7.92. The molecule has 41 heavy (non-hydrogen) atoms. The van der Waals surface area contributed by atoms with Crippen LogP contribution in [-0.2, 0) is 37.1 Å². The number of piperidine rings is 1. The first kappa shape index (κ1) is 31.3. The summed E-state index contributed by atoms with van der Waals surface area (Å²) in [6.45, 7) is 2.19. The fraction of sp³-hybridized carbons (Fsp3) is 0.385. The number of hydrogen-bond donors (Lipinski definition) is 2. The van der Waals surface area contributed by atoms with Crippen LogP contribution >= 0.6 is 0 Å². The molecule has 10 nitrogen and oxygen atoms in total. The van der Waals surface area contributed by atoms with Crippen LogP contribution in [0.4, 0.5) is 29.1 Å². The summed E-state index contributed by atoms with van der Waals surface area (Å²) in [6.07, 6.45) is -0.811. The minimum Gasteiger partial charge on any atom is -0.466 e.